The molecule has 0 aliphatic heterocycles. The fraction of sp³-hybridized carbons (Fsp3) is 0.222. The summed E-state index contributed by atoms with van der Waals surface area (Å²) in [6, 6.07) is 15.5. The number of methoxy groups -OCH3 is 1. The number of nitrogens with two attached hydrogens (primary N) is 1. The van der Waals surface area contributed by atoms with Crippen LogP contribution in [0.3, 0.4) is 0 Å². The van der Waals surface area contributed by atoms with Gasteiger partial charge >= 0.3 is 0 Å². The van der Waals surface area contributed by atoms with Crippen LogP contribution >= 0.6 is 11.8 Å². The molecular weight excluding hydrogens is 336 g/mol. The summed E-state index contributed by atoms with van der Waals surface area (Å²) < 4.78 is 12.4. The third-order valence-corrected chi connectivity index (χ3v) is 4.52. The first-order valence-corrected chi connectivity index (χ1v) is 8.83. The van der Waals surface area contributed by atoms with Crippen LogP contribution in [-0.2, 0) is 0 Å². The van der Waals surface area contributed by atoms with Gasteiger partial charge in [-0.3, -0.25) is 0 Å². The molecule has 6 nitrogen and oxygen atoms in total. The van der Waals surface area contributed by atoms with Crippen LogP contribution in [0.5, 0.6) is 11.5 Å². The molecule has 0 saturated carbocycles. The molecule has 0 fully saturated rings. The van der Waals surface area contributed by atoms with Crippen LogP contribution in [0, 0.1) is 6.92 Å². The number of nitrogen functional groups attached to an aromatic ring is 1. The summed E-state index contributed by atoms with van der Waals surface area (Å²) in [5.41, 5.74) is 2.10. The standard InChI is InChI=1S/C18H20N4O2S/c1-13-3-7-16(8-4-13)24-11-12-25-18-21-20-17(22(18)19)14-5-9-15(23-2)10-6-14/h3-10H,11-12,19H2,1-2H3. The van der Waals surface area contributed by atoms with Crippen molar-refractivity contribution < 1.29 is 9.47 Å². The van der Waals surface area contributed by atoms with E-state index >= 15 is 0 Å². The summed E-state index contributed by atoms with van der Waals surface area (Å²) in [4.78, 5) is 0. The number of aryl methyl sites for hydroxylation is 1. The van der Waals surface area contributed by atoms with Crippen LogP contribution in [0.15, 0.2) is 53.7 Å². The van der Waals surface area contributed by atoms with E-state index in [1.807, 2.05) is 55.5 Å². The van der Waals surface area contributed by atoms with Crippen molar-refractivity contribution in [3.05, 3.63) is 54.1 Å². The van der Waals surface area contributed by atoms with E-state index in [0.717, 1.165) is 22.8 Å². The summed E-state index contributed by atoms with van der Waals surface area (Å²) in [6.45, 7) is 2.62. The van der Waals surface area contributed by atoms with Crippen molar-refractivity contribution in [3.63, 3.8) is 0 Å². The maximum atomic E-state index is 6.11. The molecule has 1 heterocycles. The van der Waals surface area contributed by atoms with Gasteiger partial charge in [0.25, 0.3) is 0 Å². The lowest BCUT2D eigenvalue weighted by molar-refractivity contribution is 0.344. The highest BCUT2D eigenvalue weighted by Crippen LogP contribution is 2.23. The van der Waals surface area contributed by atoms with E-state index in [1.54, 1.807) is 7.11 Å². The summed E-state index contributed by atoms with van der Waals surface area (Å²) in [7, 11) is 1.63. The lowest BCUT2D eigenvalue weighted by Gasteiger charge is -2.07. The molecule has 0 atom stereocenters. The number of nitrogens with zero attached hydrogens (tertiary/aromatic N) is 3. The zero-order valence-corrected chi connectivity index (χ0v) is 15.0. The number of thioether (sulfide) groups is 1. The van der Waals surface area contributed by atoms with E-state index in [4.69, 9.17) is 15.3 Å². The zero-order chi connectivity index (χ0) is 17.6. The predicted molar refractivity (Wildman–Crippen MR) is 99.6 cm³/mol. The van der Waals surface area contributed by atoms with E-state index in [-0.39, 0.29) is 0 Å². The van der Waals surface area contributed by atoms with Gasteiger partial charge < -0.3 is 15.3 Å². The number of hydrogen-bond donors (Lipinski definition) is 1. The van der Waals surface area contributed by atoms with Crippen LogP contribution in [0.1, 0.15) is 5.56 Å². The molecule has 2 N–H and O–H groups in total. The molecule has 0 aliphatic rings. The Morgan fingerprint density at radius 2 is 1.68 bits per heavy atom. The van der Waals surface area contributed by atoms with Gasteiger partial charge in [-0.05, 0) is 43.3 Å². The summed E-state index contributed by atoms with van der Waals surface area (Å²) in [6.07, 6.45) is 0. The minimum atomic E-state index is 0.568. The van der Waals surface area contributed by atoms with Gasteiger partial charge in [0.05, 0.1) is 13.7 Å². The molecule has 0 spiro atoms. The van der Waals surface area contributed by atoms with Gasteiger partial charge in [-0.2, -0.15) is 0 Å². The van der Waals surface area contributed by atoms with E-state index in [2.05, 4.69) is 10.2 Å². The van der Waals surface area contributed by atoms with Gasteiger partial charge in [-0.1, -0.05) is 29.5 Å². The molecule has 3 rings (SSSR count). The molecule has 0 amide bonds. The van der Waals surface area contributed by atoms with Gasteiger partial charge in [0, 0.05) is 11.3 Å². The molecule has 7 heteroatoms. The molecule has 0 saturated heterocycles. The monoisotopic (exact) mass is 356 g/mol. The molecule has 0 radical (unpaired) electrons. The Hall–Kier alpha value is -2.67. The molecular formula is C18H20N4O2S. The average molecular weight is 356 g/mol. The first-order chi connectivity index (χ1) is 12.2. The number of aromatic nitrogens is 3. The second-order valence-corrected chi connectivity index (χ2v) is 6.48. The SMILES string of the molecule is COc1ccc(-c2nnc(SCCOc3ccc(C)cc3)n2N)cc1. The minimum Gasteiger partial charge on any atom is -0.497 e. The van der Waals surface area contributed by atoms with Crippen molar-refractivity contribution in [1.82, 2.24) is 14.9 Å². The topological polar surface area (TPSA) is 75.2 Å². The van der Waals surface area contributed by atoms with Crippen molar-refractivity contribution in [1.29, 1.82) is 0 Å². The van der Waals surface area contributed by atoms with Crippen molar-refractivity contribution in [2.24, 2.45) is 0 Å². The molecule has 0 aliphatic carbocycles. The number of rotatable bonds is 7. The fourth-order valence-electron chi connectivity index (χ4n) is 2.24. The molecule has 1 aromatic heterocycles. The first-order valence-electron chi connectivity index (χ1n) is 7.84. The number of benzene rings is 2. The summed E-state index contributed by atoms with van der Waals surface area (Å²) in [5.74, 6) is 9.11. The molecule has 25 heavy (non-hydrogen) atoms. The second-order valence-electron chi connectivity index (χ2n) is 5.41. The normalized spacial score (nSPS) is 10.6. The lowest BCUT2D eigenvalue weighted by atomic mass is 10.2. The number of ether oxygens (including phenoxy) is 2. The average Bonchev–Trinajstić information content (AvgIpc) is 3.01. The van der Waals surface area contributed by atoms with E-state index < -0.39 is 0 Å². The highest BCUT2D eigenvalue weighted by atomic mass is 32.2. The van der Waals surface area contributed by atoms with Crippen molar-refractivity contribution in [2.45, 2.75) is 12.1 Å². The Morgan fingerprint density at radius 3 is 2.36 bits per heavy atom. The highest BCUT2D eigenvalue weighted by molar-refractivity contribution is 7.99. The number of hydrogen-bond acceptors (Lipinski definition) is 6. The van der Waals surface area contributed by atoms with Crippen LogP contribution in [0.2, 0.25) is 0 Å². The Labute approximate surface area is 150 Å². The lowest BCUT2D eigenvalue weighted by Crippen LogP contribution is -2.12. The van der Waals surface area contributed by atoms with Gasteiger partial charge in [0.1, 0.15) is 11.5 Å². The largest absolute Gasteiger partial charge is 0.497 e. The Bertz CT molecular complexity index is 816. The van der Waals surface area contributed by atoms with Gasteiger partial charge in [-0.15, -0.1) is 10.2 Å². The van der Waals surface area contributed by atoms with Crippen LogP contribution in [0.25, 0.3) is 11.4 Å². The third-order valence-electron chi connectivity index (χ3n) is 3.62. The predicted octanol–water partition coefficient (Wildman–Crippen LogP) is 3.15. The Kier molecular flexibility index (Phi) is 5.45. The van der Waals surface area contributed by atoms with E-state index in [9.17, 15) is 0 Å². The summed E-state index contributed by atoms with van der Waals surface area (Å²) in [5, 5.41) is 8.98. The maximum Gasteiger partial charge on any atom is 0.210 e. The highest BCUT2D eigenvalue weighted by Gasteiger charge is 2.12. The van der Waals surface area contributed by atoms with E-state index in [1.165, 1.54) is 22.0 Å². The van der Waals surface area contributed by atoms with E-state index in [0.29, 0.717) is 17.6 Å². The van der Waals surface area contributed by atoms with Crippen LogP contribution in [0.4, 0.5) is 0 Å². The summed E-state index contributed by atoms with van der Waals surface area (Å²) >= 11 is 1.51. The fourth-order valence-corrected chi connectivity index (χ4v) is 2.91. The van der Waals surface area contributed by atoms with Crippen molar-refractivity contribution in [2.75, 3.05) is 25.3 Å². The Balaban J connectivity index is 1.56. The molecule has 0 unspecified atom stereocenters. The van der Waals surface area contributed by atoms with Crippen LogP contribution in [-0.4, -0.2) is 34.3 Å². The minimum absolute atomic E-state index is 0.568. The van der Waals surface area contributed by atoms with Gasteiger partial charge in [0.2, 0.25) is 5.16 Å². The second kappa shape index (κ2) is 7.94. The third kappa shape index (κ3) is 4.24. The Morgan fingerprint density at radius 1 is 1.00 bits per heavy atom. The van der Waals surface area contributed by atoms with Crippen LogP contribution < -0.4 is 15.3 Å². The van der Waals surface area contributed by atoms with Crippen molar-refractivity contribution in [3.8, 4) is 22.9 Å². The van der Waals surface area contributed by atoms with Gasteiger partial charge in [-0.25, -0.2) is 4.68 Å². The maximum absolute atomic E-state index is 6.11. The smallest absolute Gasteiger partial charge is 0.210 e. The van der Waals surface area contributed by atoms with Crippen molar-refractivity contribution >= 4 is 11.8 Å². The van der Waals surface area contributed by atoms with Gasteiger partial charge in [0.15, 0.2) is 5.82 Å². The molecule has 130 valence electrons. The zero-order valence-electron chi connectivity index (χ0n) is 14.2. The molecule has 3 aromatic rings. The first kappa shape index (κ1) is 17.2. The quantitative estimate of drug-likeness (QED) is 0.398. The molecule has 2 aromatic carbocycles. The molecule has 0 bridgehead atoms.